The third-order valence-electron chi connectivity index (χ3n) is 3.73. The Kier molecular flexibility index (Phi) is 4.36. The first-order valence-electron chi connectivity index (χ1n) is 7.22. The highest BCUT2D eigenvalue weighted by molar-refractivity contribution is 6.31. The Labute approximate surface area is 141 Å². The van der Waals surface area contributed by atoms with Gasteiger partial charge in [0.25, 0.3) is 0 Å². The van der Waals surface area contributed by atoms with Gasteiger partial charge in [-0.1, -0.05) is 23.7 Å². The first kappa shape index (κ1) is 16.2. The molecule has 2 aromatic carbocycles. The molecule has 122 valence electrons. The predicted molar refractivity (Wildman–Crippen MR) is 90.1 cm³/mol. The normalized spacial score (nSPS) is 10.9. The lowest BCUT2D eigenvalue weighted by Gasteiger charge is -2.12. The molecule has 0 fully saturated rings. The van der Waals surface area contributed by atoms with E-state index in [1.54, 1.807) is 24.3 Å². The molecular weight excluding hydrogens is 333 g/mol. The molecule has 0 radical (unpaired) electrons. The molecule has 0 aliphatic carbocycles. The number of rotatable bonds is 4. The molecule has 0 saturated heterocycles. The molecule has 0 bridgehead atoms. The number of carboxylic acid groups (broad SMARTS) is 1. The fourth-order valence-electron chi connectivity index (χ4n) is 2.65. The van der Waals surface area contributed by atoms with Crippen LogP contribution in [0.4, 0.5) is 4.39 Å². The van der Waals surface area contributed by atoms with Gasteiger partial charge in [-0.2, -0.15) is 0 Å². The quantitative estimate of drug-likeness (QED) is 0.787. The Morgan fingerprint density at radius 2 is 1.88 bits per heavy atom. The minimum Gasteiger partial charge on any atom is -0.480 e. The van der Waals surface area contributed by atoms with Crippen molar-refractivity contribution in [2.45, 2.75) is 13.0 Å². The molecule has 0 spiro atoms. The summed E-state index contributed by atoms with van der Waals surface area (Å²) in [6, 6.07) is 10.6. The van der Waals surface area contributed by atoms with Crippen molar-refractivity contribution in [1.29, 1.82) is 0 Å². The molecule has 0 unspecified atom stereocenters. The van der Waals surface area contributed by atoms with Crippen molar-refractivity contribution < 1.29 is 14.3 Å². The molecule has 3 rings (SSSR count). The third-order valence-corrected chi connectivity index (χ3v) is 3.96. The number of halogens is 2. The van der Waals surface area contributed by atoms with Gasteiger partial charge in [-0.3, -0.25) is 9.59 Å². The number of carboxylic acids is 1. The Morgan fingerprint density at radius 1 is 1.17 bits per heavy atom. The van der Waals surface area contributed by atoms with Gasteiger partial charge in [-0.05, 0) is 35.9 Å². The summed E-state index contributed by atoms with van der Waals surface area (Å²) in [5, 5.41) is 9.86. The summed E-state index contributed by atoms with van der Waals surface area (Å²) < 4.78 is 14.5. The fourth-order valence-corrected chi connectivity index (χ4v) is 2.83. The number of carbonyl (C=O) groups is 1. The number of hydrogen-bond donors (Lipinski definition) is 1. The number of benzene rings is 2. The van der Waals surface area contributed by atoms with E-state index in [-0.39, 0.29) is 24.2 Å². The number of pyridine rings is 1. The monoisotopic (exact) mass is 345 g/mol. The Hall–Kier alpha value is -2.66. The van der Waals surface area contributed by atoms with Gasteiger partial charge in [-0.15, -0.1) is 0 Å². The van der Waals surface area contributed by atoms with Crippen molar-refractivity contribution in [3.63, 3.8) is 0 Å². The van der Waals surface area contributed by atoms with E-state index >= 15 is 0 Å². The molecule has 0 amide bonds. The van der Waals surface area contributed by atoms with Gasteiger partial charge in [-0.25, -0.2) is 4.39 Å². The lowest BCUT2D eigenvalue weighted by Crippen LogP contribution is -2.18. The average molecular weight is 346 g/mol. The van der Waals surface area contributed by atoms with Crippen molar-refractivity contribution in [2.75, 3.05) is 0 Å². The van der Waals surface area contributed by atoms with Crippen molar-refractivity contribution >= 4 is 28.5 Å². The first-order valence-corrected chi connectivity index (χ1v) is 7.59. The smallest absolute Gasteiger partial charge is 0.323 e. The molecule has 0 saturated carbocycles. The van der Waals surface area contributed by atoms with E-state index in [9.17, 15) is 14.0 Å². The Morgan fingerprint density at radius 3 is 2.54 bits per heavy atom. The maximum absolute atomic E-state index is 13.0. The van der Waals surface area contributed by atoms with Crippen LogP contribution in [0, 0.1) is 5.82 Å². The van der Waals surface area contributed by atoms with Crippen LogP contribution in [0.15, 0.2) is 53.5 Å². The second kappa shape index (κ2) is 6.45. The van der Waals surface area contributed by atoms with Crippen molar-refractivity contribution in [3.8, 4) is 0 Å². The van der Waals surface area contributed by atoms with Crippen molar-refractivity contribution in [1.82, 2.24) is 4.57 Å². The van der Waals surface area contributed by atoms with E-state index in [0.717, 1.165) is 5.56 Å². The summed E-state index contributed by atoms with van der Waals surface area (Å²) in [4.78, 5) is 23.8. The lowest BCUT2D eigenvalue weighted by molar-refractivity contribution is -0.137. The summed E-state index contributed by atoms with van der Waals surface area (Å²) in [7, 11) is 0. The standard InChI is InChI=1S/C18H13ClFNO3/c19-13-3-6-16-15(8-13)18(24)12(9-21(16)10-17(22)23)7-11-1-4-14(20)5-2-11/h1-6,8-9H,7,10H2,(H,22,23). The summed E-state index contributed by atoms with van der Waals surface area (Å²) in [6.07, 6.45) is 1.82. The highest BCUT2D eigenvalue weighted by atomic mass is 35.5. The molecule has 0 aliphatic heterocycles. The van der Waals surface area contributed by atoms with Crippen molar-refractivity contribution in [3.05, 3.63) is 80.9 Å². The number of aliphatic carboxylic acids is 1. The molecule has 6 heteroatoms. The number of fused-ring (bicyclic) bond motifs is 1. The maximum atomic E-state index is 13.0. The summed E-state index contributed by atoms with van der Waals surface area (Å²) >= 11 is 5.97. The van der Waals surface area contributed by atoms with Crippen LogP contribution in [-0.2, 0) is 17.8 Å². The fraction of sp³-hybridized carbons (Fsp3) is 0.111. The van der Waals surface area contributed by atoms with E-state index < -0.39 is 5.97 Å². The molecule has 0 aliphatic rings. The van der Waals surface area contributed by atoms with Gasteiger partial charge >= 0.3 is 5.97 Å². The largest absolute Gasteiger partial charge is 0.480 e. The molecule has 1 heterocycles. The SMILES string of the molecule is O=C(O)Cn1cc(Cc2ccc(F)cc2)c(=O)c2cc(Cl)ccc21. The molecule has 4 nitrogen and oxygen atoms in total. The van der Waals surface area contributed by atoms with Crippen LogP contribution in [0.25, 0.3) is 10.9 Å². The van der Waals surface area contributed by atoms with Gasteiger partial charge < -0.3 is 9.67 Å². The summed E-state index contributed by atoms with van der Waals surface area (Å²) in [6.45, 7) is -0.269. The summed E-state index contributed by atoms with van der Waals surface area (Å²) in [5.41, 5.74) is 1.49. The molecule has 1 aromatic heterocycles. The summed E-state index contributed by atoms with van der Waals surface area (Å²) in [5.74, 6) is -1.37. The molecule has 3 aromatic rings. The Bertz CT molecular complexity index is 980. The third kappa shape index (κ3) is 3.31. The topological polar surface area (TPSA) is 59.3 Å². The van der Waals surface area contributed by atoms with Gasteiger partial charge in [0.1, 0.15) is 12.4 Å². The second-order valence-corrected chi connectivity index (χ2v) is 5.91. The highest BCUT2D eigenvalue weighted by Crippen LogP contribution is 2.19. The van der Waals surface area contributed by atoms with Gasteiger partial charge in [0.15, 0.2) is 5.43 Å². The minimum absolute atomic E-state index is 0.210. The van der Waals surface area contributed by atoms with Crippen LogP contribution >= 0.6 is 11.6 Å². The predicted octanol–water partition coefficient (Wildman–Crippen LogP) is 3.47. The van der Waals surface area contributed by atoms with Gasteiger partial charge in [0.2, 0.25) is 0 Å². The van der Waals surface area contributed by atoms with Crippen LogP contribution < -0.4 is 5.43 Å². The maximum Gasteiger partial charge on any atom is 0.323 e. The van der Waals surface area contributed by atoms with Crippen LogP contribution in [0.3, 0.4) is 0 Å². The molecule has 1 N–H and O–H groups in total. The lowest BCUT2D eigenvalue weighted by atomic mass is 10.0. The molecular formula is C18H13ClFNO3. The Balaban J connectivity index is 2.16. The van der Waals surface area contributed by atoms with E-state index in [1.165, 1.54) is 29.0 Å². The number of aromatic nitrogens is 1. The number of hydrogen-bond acceptors (Lipinski definition) is 2. The highest BCUT2D eigenvalue weighted by Gasteiger charge is 2.12. The van der Waals surface area contributed by atoms with Crippen molar-refractivity contribution in [2.24, 2.45) is 0 Å². The van der Waals surface area contributed by atoms with Crippen LogP contribution in [-0.4, -0.2) is 15.6 Å². The molecule has 24 heavy (non-hydrogen) atoms. The van der Waals surface area contributed by atoms with Gasteiger partial charge in [0, 0.05) is 28.6 Å². The van der Waals surface area contributed by atoms with E-state index in [4.69, 9.17) is 16.7 Å². The van der Waals surface area contributed by atoms with Crippen LogP contribution in [0.1, 0.15) is 11.1 Å². The number of nitrogens with zero attached hydrogens (tertiary/aromatic N) is 1. The van der Waals surface area contributed by atoms with Crippen LogP contribution in [0.2, 0.25) is 5.02 Å². The zero-order valence-corrected chi connectivity index (χ0v) is 13.3. The van der Waals surface area contributed by atoms with E-state index in [0.29, 0.717) is 21.5 Å². The first-order chi connectivity index (χ1) is 11.4. The van der Waals surface area contributed by atoms with E-state index in [2.05, 4.69) is 0 Å². The zero-order chi connectivity index (χ0) is 17.3. The zero-order valence-electron chi connectivity index (χ0n) is 12.5. The average Bonchev–Trinajstić information content (AvgIpc) is 2.53. The van der Waals surface area contributed by atoms with Crippen LogP contribution in [0.5, 0.6) is 0 Å². The van der Waals surface area contributed by atoms with Gasteiger partial charge in [0.05, 0.1) is 5.52 Å². The van der Waals surface area contributed by atoms with E-state index in [1.807, 2.05) is 0 Å². The molecule has 0 atom stereocenters. The second-order valence-electron chi connectivity index (χ2n) is 5.47. The minimum atomic E-state index is -1.01.